The van der Waals surface area contributed by atoms with Gasteiger partial charge in [-0.05, 0) is 38.0 Å². The highest BCUT2D eigenvalue weighted by molar-refractivity contribution is 5.84. The summed E-state index contributed by atoms with van der Waals surface area (Å²) >= 11 is 0. The van der Waals surface area contributed by atoms with Crippen LogP contribution < -0.4 is 10.6 Å². The molecule has 0 unspecified atom stereocenters. The minimum Gasteiger partial charge on any atom is -0.358 e. The summed E-state index contributed by atoms with van der Waals surface area (Å²) in [5.74, 6) is 0.834. The van der Waals surface area contributed by atoms with Gasteiger partial charge in [0.2, 0.25) is 0 Å². The normalized spacial score (nSPS) is 11.9. The smallest absolute Gasteiger partial charge is 0.191 e. The number of nitrogens with one attached hydrogen (secondary N) is 3. The molecule has 1 aromatic carbocycles. The quantitative estimate of drug-likeness (QED) is 0.478. The van der Waals surface area contributed by atoms with E-state index in [0.29, 0.717) is 6.54 Å². The lowest BCUT2D eigenvalue weighted by Gasteiger charge is -2.11. The molecule has 0 aliphatic carbocycles. The number of aryl methyl sites for hydroxylation is 2. The van der Waals surface area contributed by atoms with E-state index in [1.807, 2.05) is 17.8 Å². The number of guanidine groups is 1. The number of rotatable bonds is 6. The molecule has 6 nitrogen and oxygen atoms in total. The highest BCUT2D eigenvalue weighted by atomic mass is 15.3. The zero-order valence-corrected chi connectivity index (χ0v) is 15.1. The fourth-order valence-corrected chi connectivity index (χ4v) is 3.02. The largest absolute Gasteiger partial charge is 0.358 e. The standard InChI is InChI=1S/C19H26N6/c1-4-20-19(22-13-15-9-12-23-25(15)3)21-11-10-16-14(2)24-18-8-6-5-7-17(16)18/h5-9,12,24H,4,10-11,13H2,1-3H3,(H2,20,21,22). The molecule has 0 amide bonds. The van der Waals surface area contributed by atoms with Crippen LogP contribution in [0.5, 0.6) is 0 Å². The van der Waals surface area contributed by atoms with Crippen molar-refractivity contribution >= 4 is 16.9 Å². The van der Waals surface area contributed by atoms with Crippen molar-refractivity contribution in [3.05, 3.63) is 53.5 Å². The van der Waals surface area contributed by atoms with Crippen LogP contribution in [-0.4, -0.2) is 33.8 Å². The molecule has 0 aliphatic heterocycles. The minimum absolute atomic E-state index is 0.609. The molecule has 25 heavy (non-hydrogen) atoms. The molecule has 0 saturated carbocycles. The number of hydrogen-bond acceptors (Lipinski definition) is 2. The van der Waals surface area contributed by atoms with Crippen LogP contribution in [0.15, 0.2) is 41.5 Å². The maximum atomic E-state index is 4.65. The summed E-state index contributed by atoms with van der Waals surface area (Å²) in [5.41, 5.74) is 4.89. The highest BCUT2D eigenvalue weighted by Crippen LogP contribution is 2.21. The Hall–Kier alpha value is -2.76. The van der Waals surface area contributed by atoms with Crippen LogP contribution in [0.4, 0.5) is 0 Å². The van der Waals surface area contributed by atoms with Crippen LogP contribution in [0.2, 0.25) is 0 Å². The molecule has 0 bridgehead atoms. The van der Waals surface area contributed by atoms with Crippen LogP contribution >= 0.6 is 0 Å². The molecule has 2 aromatic heterocycles. The number of para-hydroxylation sites is 1. The van der Waals surface area contributed by atoms with Gasteiger partial charge in [-0.25, -0.2) is 4.99 Å². The molecule has 0 aliphatic rings. The summed E-state index contributed by atoms with van der Waals surface area (Å²) in [6.45, 7) is 6.49. The lowest BCUT2D eigenvalue weighted by Crippen LogP contribution is -2.38. The number of aromatic amines is 1. The van der Waals surface area contributed by atoms with Crippen LogP contribution in [0.1, 0.15) is 23.9 Å². The summed E-state index contributed by atoms with van der Waals surface area (Å²) in [7, 11) is 1.94. The van der Waals surface area contributed by atoms with E-state index in [-0.39, 0.29) is 0 Å². The van der Waals surface area contributed by atoms with Crippen LogP contribution in [0.3, 0.4) is 0 Å². The Labute approximate surface area is 148 Å². The summed E-state index contributed by atoms with van der Waals surface area (Å²) in [5, 5.41) is 12.2. The number of nitrogens with zero attached hydrogens (tertiary/aromatic N) is 3. The Bertz CT molecular complexity index is 858. The van der Waals surface area contributed by atoms with E-state index < -0.39 is 0 Å². The van der Waals surface area contributed by atoms with Crippen molar-refractivity contribution in [2.24, 2.45) is 12.0 Å². The number of H-pyrrole nitrogens is 1. The van der Waals surface area contributed by atoms with Crippen LogP contribution in [0, 0.1) is 6.92 Å². The second kappa shape index (κ2) is 7.88. The average Bonchev–Trinajstić information content (AvgIpc) is 3.15. The molecule has 3 rings (SSSR count). The first-order chi connectivity index (χ1) is 12.2. The number of hydrogen-bond donors (Lipinski definition) is 3. The van der Waals surface area contributed by atoms with Gasteiger partial charge in [0.25, 0.3) is 0 Å². The molecule has 0 spiro atoms. The monoisotopic (exact) mass is 338 g/mol. The maximum Gasteiger partial charge on any atom is 0.191 e. The fraction of sp³-hybridized carbons (Fsp3) is 0.368. The van der Waals surface area contributed by atoms with E-state index >= 15 is 0 Å². The van der Waals surface area contributed by atoms with Crippen molar-refractivity contribution < 1.29 is 0 Å². The molecule has 3 N–H and O–H groups in total. The number of aromatic nitrogens is 3. The van der Waals surface area contributed by atoms with Gasteiger partial charge < -0.3 is 15.6 Å². The van der Waals surface area contributed by atoms with Crippen molar-refractivity contribution in [3.63, 3.8) is 0 Å². The van der Waals surface area contributed by atoms with Crippen LogP contribution in [0.25, 0.3) is 10.9 Å². The second-order valence-corrected chi connectivity index (χ2v) is 6.09. The number of fused-ring (bicyclic) bond motifs is 1. The minimum atomic E-state index is 0.609. The highest BCUT2D eigenvalue weighted by Gasteiger charge is 2.08. The first kappa shape index (κ1) is 17.1. The van der Waals surface area contributed by atoms with Gasteiger partial charge in [-0.1, -0.05) is 18.2 Å². The fourth-order valence-electron chi connectivity index (χ4n) is 3.02. The lowest BCUT2D eigenvalue weighted by atomic mass is 10.1. The molecule has 0 atom stereocenters. The molecule has 6 heteroatoms. The topological polar surface area (TPSA) is 70.0 Å². The Balaban J connectivity index is 1.63. The molecule has 0 fully saturated rings. The summed E-state index contributed by atoms with van der Waals surface area (Å²) in [6.07, 6.45) is 2.75. The van der Waals surface area contributed by atoms with E-state index in [2.05, 4.69) is 63.8 Å². The van der Waals surface area contributed by atoms with E-state index in [1.165, 1.54) is 22.2 Å². The first-order valence-corrected chi connectivity index (χ1v) is 8.74. The second-order valence-electron chi connectivity index (χ2n) is 6.09. The first-order valence-electron chi connectivity index (χ1n) is 8.74. The van der Waals surface area contributed by atoms with E-state index in [9.17, 15) is 0 Å². The summed E-state index contributed by atoms with van der Waals surface area (Å²) in [6, 6.07) is 10.4. The van der Waals surface area contributed by atoms with Crippen molar-refractivity contribution in [1.29, 1.82) is 0 Å². The van der Waals surface area contributed by atoms with Crippen molar-refractivity contribution in [3.8, 4) is 0 Å². The third kappa shape index (κ3) is 4.02. The molecule has 0 radical (unpaired) electrons. The predicted octanol–water partition coefficient (Wildman–Crippen LogP) is 2.51. The zero-order valence-electron chi connectivity index (χ0n) is 15.1. The summed E-state index contributed by atoms with van der Waals surface area (Å²) < 4.78 is 1.85. The third-order valence-electron chi connectivity index (χ3n) is 4.36. The van der Waals surface area contributed by atoms with Gasteiger partial charge in [-0.15, -0.1) is 0 Å². The van der Waals surface area contributed by atoms with Gasteiger partial charge in [0.1, 0.15) is 0 Å². The van der Waals surface area contributed by atoms with Gasteiger partial charge in [0.15, 0.2) is 5.96 Å². The maximum absolute atomic E-state index is 4.65. The predicted molar refractivity (Wildman–Crippen MR) is 103 cm³/mol. The Kier molecular flexibility index (Phi) is 5.38. The molecular formula is C19H26N6. The van der Waals surface area contributed by atoms with Gasteiger partial charge in [-0.2, -0.15) is 5.10 Å². The Morgan fingerprint density at radius 2 is 2.08 bits per heavy atom. The van der Waals surface area contributed by atoms with Gasteiger partial charge in [0.05, 0.1) is 12.2 Å². The SMILES string of the molecule is CCNC(=NCc1ccnn1C)NCCc1c(C)[nH]c2ccccc12. The third-order valence-corrected chi connectivity index (χ3v) is 4.36. The molecular weight excluding hydrogens is 312 g/mol. The molecule has 0 saturated heterocycles. The van der Waals surface area contributed by atoms with E-state index in [1.54, 1.807) is 6.20 Å². The zero-order chi connectivity index (χ0) is 17.6. The summed E-state index contributed by atoms with van der Waals surface area (Å²) in [4.78, 5) is 8.10. The van der Waals surface area contributed by atoms with Crippen molar-refractivity contribution in [2.75, 3.05) is 13.1 Å². The van der Waals surface area contributed by atoms with Crippen molar-refractivity contribution in [1.82, 2.24) is 25.4 Å². The van der Waals surface area contributed by atoms with Gasteiger partial charge in [-0.3, -0.25) is 4.68 Å². The van der Waals surface area contributed by atoms with Gasteiger partial charge in [0, 0.05) is 42.9 Å². The lowest BCUT2D eigenvalue weighted by molar-refractivity contribution is 0.707. The Morgan fingerprint density at radius 3 is 2.84 bits per heavy atom. The van der Waals surface area contributed by atoms with Gasteiger partial charge >= 0.3 is 0 Å². The van der Waals surface area contributed by atoms with Crippen LogP contribution in [-0.2, 0) is 20.0 Å². The molecule has 132 valence electrons. The van der Waals surface area contributed by atoms with Crippen molar-refractivity contribution in [2.45, 2.75) is 26.8 Å². The van der Waals surface area contributed by atoms with E-state index in [4.69, 9.17) is 0 Å². The average molecular weight is 338 g/mol. The Morgan fingerprint density at radius 1 is 1.24 bits per heavy atom. The van der Waals surface area contributed by atoms with E-state index in [0.717, 1.165) is 31.2 Å². The molecule has 2 heterocycles. The molecule has 3 aromatic rings. The number of aliphatic imine (C=N–C) groups is 1. The number of benzene rings is 1.